The van der Waals surface area contributed by atoms with Gasteiger partial charge in [0.1, 0.15) is 16.7 Å². The Balaban J connectivity index is 1.68. The van der Waals surface area contributed by atoms with Crippen molar-refractivity contribution in [1.82, 2.24) is 20.4 Å². The smallest absolute Gasteiger partial charge is 0.354 e. The maximum Gasteiger partial charge on any atom is 0.354 e. The normalized spacial score (nSPS) is 16.8. The Morgan fingerprint density at radius 1 is 1.34 bits per heavy atom. The number of thioether (sulfide) groups is 1. The van der Waals surface area contributed by atoms with Gasteiger partial charge in [0.05, 0.1) is 13.7 Å². The summed E-state index contributed by atoms with van der Waals surface area (Å²) in [5.74, 6) is -1.38. The molecule has 0 radical (unpaired) electrons. The van der Waals surface area contributed by atoms with Gasteiger partial charge >= 0.3 is 5.97 Å². The zero-order valence-corrected chi connectivity index (χ0v) is 19.2. The number of likely N-dealkylation sites (tertiary alicyclic amines) is 1. The number of methoxy groups -OCH3 is 1. The van der Waals surface area contributed by atoms with Crippen LogP contribution >= 0.6 is 23.1 Å². The molecule has 12 heteroatoms. The molecule has 1 aliphatic heterocycles. The predicted molar refractivity (Wildman–Crippen MR) is 118 cm³/mol. The second kappa shape index (κ2) is 10.4. The quantitative estimate of drug-likeness (QED) is 0.112. The minimum atomic E-state index is -0.853. The van der Waals surface area contributed by atoms with Crippen LogP contribution in [0, 0.1) is 6.92 Å². The van der Waals surface area contributed by atoms with Crippen molar-refractivity contribution in [2.24, 2.45) is 5.16 Å². The number of ether oxygens (including phenoxy) is 1. The van der Waals surface area contributed by atoms with Crippen LogP contribution in [-0.2, 0) is 19.1 Å². The number of aryl methyl sites for hydroxylation is 1. The van der Waals surface area contributed by atoms with E-state index in [-0.39, 0.29) is 18.0 Å². The molecule has 1 atom stereocenters. The Kier molecular flexibility index (Phi) is 7.59. The lowest BCUT2D eigenvalue weighted by atomic mass is 10.0. The van der Waals surface area contributed by atoms with Gasteiger partial charge in [0.2, 0.25) is 0 Å². The average molecular weight is 476 g/mol. The van der Waals surface area contributed by atoms with Gasteiger partial charge in [-0.1, -0.05) is 58.6 Å². The van der Waals surface area contributed by atoms with Crippen LogP contribution in [0.15, 0.2) is 51.1 Å². The minimum Gasteiger partial charge on any atom is -0.464 e. The number of hydrogen-bond donors (Lipinski definition) is 2. The van der Waals surface area contributed by atoms with Gasteiger partial charge in [-0.15, -0.1) is 10.2 Å². The fourth-order valence-corrected chi connectivity index (χ4v) is 4.74. The molecular weight excluding hydrogens is 454 g/mol. The molecule has 2 N–H and O–H groups in total. The number of oxime groups is 1. The first-order valence-corrected chi connectivity index (χ1v) is 11.3. The van der Waals surface area contributed by atoms with Gasteiger partial charge in [0, 0.05) is 11.3 Å². The van der Waals surface area contributed by atoms with Crippen molar-refractivity contribution in [2.45, 2.75) is 24.2 Å². The molecule has 2 aromatic rings. The Morgan fingerprint density at radius 2 is 2.06 bits per heavy atom. The van der Waals surface area contributed by atoms with E-state index >= 15 is 0 Å². The molecule has 1 aromatic carbocycles. The number of carbonyl (C=O) groups is 3. The number of aromatic nitrogens is 2. The summed E-state index contributed by atoms with van der Waals surface area (Å²) in [5.41, 5.74) is 0.970. The molecule has 1 fully saturated rings. The topological polar surface area (TPSA) is 134 Å². The third-order valence-corrected chi connectivity index (χ3v) is 6.71. The van der Waals surface area contributed by atoms with Gasteiger partial charge in [0.25, 0.3) is 11.8 Å². The standard InChI is InChI=1S/C20H21N5O5S2/c1-11(10-31-20-23-22-12(2)32-20)16(19(28)30-3)25-9-14(18(25)27)21-17(26)15(24-29)13-7-5-4-6-8-13/h4-8,14,29H,9-10H2,1-3H3,(H,21,26). The van der Waals surface area contributed by atoms with Crippen LogP contribution in [-0.4, -0.2) is 69.2 Å². The molecule has 3 rings (SSSR count). The van der Waals surface area contributed by atoms with E-state index < -0.39 is 23.8 Å². The number of esters is 1. The summed E-state index contributed by atoms with van der Waals surface area (Å²) in [4.78, 5) is 38.9. The van der Waals surface area contributed by atoms with Crippen LogP contribution in [0.3, 0.4) is 0 Å². The fourth-order valence-electron chi connectivity index (χ4n) is 2.98. The Labute approximate surface area is 192 Å². The molecule has 10 nitrogen and oxygen atoms in total. The third-order valence-electron chi connectivity index (χ3n) is 4.57. The van der Waals surface area contributed by atoms with Crippen LogP contribution in [0.1, 0.15) is 17.5 Å². The summed E-state index contributed by atoms with van der Waals surface area (Å²) in [7, 11) is 1.24. The van der Waals surface area contributed by atoms with Gasteiger partial charge in [-0.2, -0.15) is 0 Å². The molecule has 2 heterocycles. The van der Waals surface area contributed by atoms with E-state index in [0.717, 1.165) is 9.35 Å². The highest BCUT2D eigenvalue weighted by molar-refractivity contribution is 8.01. The third kappa shape index (κ3) is 5.14. The van der Waals surface area contributed by atoms with Gasteiger partial charge < -0.3 is 20.2 Å². The fraction of sp³-hybridized carbons (Fsp3) is 0.300. The molecular formula is C20H21N5O5S2. The first kappa shape index (κ1) is 23.4. The van der Waals surface area contributed by atoms with Gasteiger partial charge in [-0.25, -0.2) is 4.79 Å². The number of benzene rings is 1. The molecule has 1 aliphatic rings. The van der Waals surface area contributed by atoms with E-state index in [9.17, 15) is 19.6 Å². The summed E-state index contributed by atoms with van der Waals surface area (Å²) in [6, 6.07) is 7.53. The van der Waals surface area contributed by atoms with Gasteiger partial charge in [-0.3, -0.25) is 9.59 Å². The second-order valence-electron chi connectivity index (χ2n) is 6.79. The van der Waals surface area contributed by atoms with E-state index in [1.807, 2.05) is 6.92 Å². The van der Waals surface area contributed by atoms with Crippen molar-refractivity contribution >= 4 is 46.6 Å². The maximum atomic E-state index is 12.7. The highest BCUT2D eigenvalue weighted by atomic mass is 32.2. The molecule has 1 saturated heterocycles. The molecule has 0 saturated carbocycles. The first-order chi connectivity index (χ1) is 15.3. The lowest BCUT2D eigenvalue weighted by molar-refractivity contribution is -0.149. The van der Waals surface area contributed by atoms with E-state index in [1.165, 1.54) is 35.1 Å². The van der Waals surface area contributed by atoms with Gasteiger partial charge in [-0.05, 0) is 19.4 Å². The van der Waals surface area contributed by atoms with Crippen molar-refractivity contribution in [3.63, 3.8) is 0 Å². The summed E-state index contributed by atoms with van der Waals surface area (Å²) in [6.45, 7) is 3.67. The molecule has 0 aliphatic carbocycles. The van der Waals surface area contributed by atoms with Crippen molar-refractivity contribution in [3.05, 3.63) is 52.2 Å². The summed E-state index contributed by atoms with van der Waals surface area (Å²) in [5, 5.41) is 23.7. The highest BCUT2D eigenvalue weighted by Crippen LogP contribution is 2.28. The number of rotatable bonds is 8. The summed E-state index contributed by atoms with van der Waals surface area (Å²) < 4.78 is 5.61. The zero-order valence-electron chi connectivity index (χ0n) is 17.6. The van der Waals surface area contributed by atoms with Gasteiger partial charge in [0.15, 0.2) is 10.1 Å². The van der Waals surface area contributed by atoms with Crippen LogP contribution < -0.4 is 5.32 Å². The molecule has 1 aromatic heterocycles. The summed E-state index contributed by atoms with van der Waals surface area (Å²) >= 11 is 2.84. The monoisotopic (exact) mass is 475 g/mol. The lowest BCUT2D eigenvalue weighted by Crippen LogP contribution is -2.64. The Bertz CT molecular complexity index is 1080. The van der Waals surface area contributed by atoms with Crippen molar-refractivity contribution < 1.29 is 24.3 Å². The van der Waals surface area contributed by atoms with Crippen LogP contribution in [0.5, 0.6) is 0 Å². The molecule has 32 heavy (non-hydrogen) atoms. The lowest BCUT2D eigenvalue weighted by Gasteiger charge is -2.39. The maximum absolute atomic E-state index is 12.7. The number of amides is 2. The first-order valence-electron chi connectivity index (χ1n) is 9.46. The number of hydrogen-bond acceptors (Lipinski definition) is 10. The molecule has 0 bridgehead atoms. The van der Waals surface area contributed by atoms with E-state index in [1.54, 1.807) is 37.3 Å². The van der Waals surface area contributed by atoms with Crippen LogP contribution in [0.2, 0.25) is 0 Å². The average Bonchev–Trinajstić information content (AvgIpc) is 3.22. The van der Waals surface area contributed by atoms with Crippen molar-refractivity contribution in [3.8, 4) is 0 Å². The van der Waals surface area contributed by atoms with Crippen LogP contribution in [0.4, 0.5) is 0 Å². The minimum absolute atomic E-state index is 0.0857. The van der Waals surface area contributed by atoms with Crippen LogP contribution in [0.25, 0.3) is 0 Å². The Morgan fingerprint density at radius 3 is 2.62 bits per heavy atom. The second-order valence-corrected chi connectivity index (χ2v) is 9.19. The zero-order chi connectivity index (χ0) is 23.3. The predicted octanol–water partition coefficient (Wildman–Crippen LogP) is 1.59. The number of nitrogens with one attached hydrogen (secondary N) is 1. The van der Waals surface area contributed by atoms with E-state index in [4.69, 9.17) is 4.74 Å². The molecule has 0 spiro atoms. The SMILES string of the molecule is COC(=O)C(=C(C)CSc1nnc(C)s1)N1CC(NC(=O)C(=NO)c2ccccc2)C1=O. The Hall–Kier alpha value is -3.25. The largest absolute Gasteiger partial charge is 0.464 e. The number of β-lactam (4-membered cyclic amide) rings is 1. The summed E-state index contributed by atoms with van der Waals surface area (Å²) in [6.07, 6.45) is 0. The molecule has 168 valence electrons. The number of nitrogens with zero attached hydrogens (tertiary/aromatic N) is 4. The van der Waals surface area contributed by atoms with E-state index in [2.05, 4.69) is 20.7 Å². The van der Waals surface area contributed by atoms with E-state index in [0.29, 0.717) is 16.9 Å². The van der Waals surface area contributed by atoms with Crippen molar-refractivity contribution in [1.29, 1.82) is 0 Å². The van der Waals surface area contributed by atoms with Crippen molar-refractivity contribution in [2.75, 3.05) is 19.4 Å². The number of carbonyl (C=O) groups excluding carboxylic acids is 3. The molecule has 1 unspecified atom stereocenters. The highest BCUT2D eigenvalue weighted by Gasteiger charge is 2.43. The molecule has 2 amide bonds.